The van der Waals surface area contributed by atoms with E-state index >= 15 is 0 Å². The van der Waals surface area contributed by atoms with Crippen LogP contribution in [0.2, 0.25) is 0 Å². The number of nitrogens with one attached hydrogen (secondary N) is 2. The standard InChI is InChI=1S/C26H30F6IN5O2/c1-4-5-6-7-17(2)24(9-8-23(14-35-37-33-34)15-38(24)13-22(39)36-23)16-40-18(3)19-10-20(25(27,28)29)12-21(11-19)26(30,31)32/h4-7,10-12,18,34H,2,8-9,13-16H2,1,3H3,(H,36,39)/b5-4-,7-6-,37-35?/t18-,23+,24-/m1/s1. The molecular weight excluding hydrogens is 655 g/mol. The number of carbonyl (C=O) groups excluding carboxylic acids is 1. The van der Waals surface area contributed by atoms with E-state index in [2.05, 4.69) is 20.3 Å². The van der Waals surface area contributed by atoms with Crippen molar-refractivity contribution in [3.8, 4) is 0 Å². The molecule has 3 rings (SSSR count). The Kier molecular flexibility index (Phi) is 10.1. The number of ether oxygens (including phenoxy) is 1. The van der Waals surface area contributed by atoms with Gasteiger partial charge >= 0.3 is 12.4 Å². The SMILES string of the molecule is C=C(/C=C\C=C/C)[C@]1(CO[C@H](C)c2cc(C(F)(F)F)cc(C(F)(F)F)c2)CC[C@]2(CN=NI=N)CN1CC(=O)N2. The molecule has 2 N–H and O–H groups in total. The highest BCUT2D eigenvalue weighted by atomic mass is 127. The Morgan fingerprint density at radius 3 is 2.42 bits per heavy atom. The van der Waals surface area contributed by atoms with Crippen molar-refractivity contribution in [2.24, 2.45) is 8.44 Å². The molecule has 2 saturated heterocycles. The summed E-state index contributed by atoms with van der Waals surface area (Å²) in [5, 5.41) is 7.05. The monoisotopic (exact) mass is 685 g/mol. The van der Waals surface area contributed by atoms with E-state index in [0.29, 0.717) is 37.1 Å². The number of halogens is 7. The lowest BCUT2D eigenvalue weighted by molar-refractivity contribution is -0.143. The molecule has 0 aliphatic carbocycles. The first-order chi connectivity index (χ1) is 18.7. The molecular formula is C26H30F6IN5O2. The predicted octanol–water partition coefficient (Wildman–Crippen LogP) is 7.29. The number of piperidine rings is 1. The number of carbonyl (C=O) groups is 1. The Labute approximate surface area is 238 Å². The third-order valence-electron chi connectivity index (χ3n) is 7.17. The molecule has 1 unspecified atom stereocenters. The van der Waals surface area contributed by atoms with Crippen molar-refractivity contribution in [1.82, 2.24) is 10.2 Å². The average molecular weight is 685 g/mol. The van der Waals surface area contributed by atoms with Crippen molar-refractivity contribution in [1.29, 1.82) is 3.56 Å². The fourth-order valence-corrected chi connectivity index (χ4v) is 5.31. The molecule has 4 atom stereocenters. The zero-order valence-corrected chi connectivity index (χ0v) is 24.0. The zero-order valence-electron chi connectivity index (χ0n) is 21.9. The summed E-state index contributed by atoms with van der Waals surface area (Å²) in [5.41, 5.74) is -4.20. The third-order valence-corrected chi connectivity index (χ3v) is 7.69. The van der Waals surface area contributed by atoms with Gasteiger partial charge in [0.2, 0.25) is 5.91 Å². The minimum atomic E-state index is -4.98. The van der Waals surface area contributed by atoms with E-state index in [1.807, 2.05) is 11.8 Å². The Balaban J connectivity index is 1.96. The van der Waals surface area contributed by atoms with Crippen LogP contribution >= 0.6 is 21.3 Å². The quantitative estimate of drug-likeness (QED) is 0.117. The molecule has 0 saturated carbocycles. The van der Waals surface area contributed by atoms with E-state index in [9.17, 15) is 31.1 Å². The highest BCUT2D eigenvalue weighted by Crippen LogP contribution is 2.42. The van der Waals surface area contributed by atoms with E-state index in [1.165, 1.54) is 6.92 Å². The van der Waals surface area contributed by atoms with Crippen molar-refractivity contribution < 1.29 is 35.9 Å². The van der Waals surface area contributed by atoms with E-state index in [4.69, 9.17) is 8.30 Å². The minimum Gasteiger partial charge on any atom is -0.372 e. The van der Waals surface area contributed by atoms with Crippen LogP contribution in [0.1, 0.15) is 49.5 Å². The third kappa shape index (κ3) is 7.43. The molecule has 2 fully saturated rings. The Hall–Kier alpha value is -2.46. The van der Waals surface area contributed by atoms with Crippen LogP contribution in [-0.4, -0.2) is 48.1 Å². The van der Waals surface area contributed by atoms with Crippen LogP contribution in [0.25, 0.3) is 0 Å². The molecule has 2 bridgehead atoms. The number of hydrogen-bond donors (Lipinski definition) is 2. The normalized spacial score (nSPS) is 26.5. The first-order valence-electron chi connectivity index (χ1n) is 12.3. The number of nitrogens with zero attached hydrogens (tertiary/aromatic N) is 3. The summed E-state index contributed by atoms with van der Waals surface area (Å²) in [7, 11) is 0. The molecule has 2 aliphatic heterocycles. The van der Waals surface area contributed by atoms with Crippen molar-refractivity contribution in [3.63, 3.8) is 0 Å². The van der Waals surface area contributed by atoms with Gasteiger partial charge in [-0.25, -0.2) is 0 Å². The maximum absolute atomic E-state index is 13.4. The number of benzene rings is 1. The van der Waals surface area contributed by atoms with E-state index < -0.39 is 62.0 Å². The van der Waals surface area contributed by atoms with E-state index in [-0.39, 0.29) is 37.2 Å². The maximum Gasteiger partial charge on any atom is 0.416 e. The molecule has 1 aromatic carbocycles. The molecule has 0 spiro atoms. The molecule has 2 aliphatic rings. The van der Waals surface area contributed by atoms with Crippen molar-refractivity contribution in [3.05, 3.63) is 71.3 Å². The summed E-state index contributed by atoms with van der Waals surface area (Å²) in [5.74, 6) is -0.267. The summed E-state index contributed by atoms with van der Waals surface area (Å²) in [4.78, 5) is 14.6. The molecule has 1 amide bonds. The van der Waals surface area contributed by atoms with Crippen LogP contribution in [0.5, 0.6) is 0 Å². The summed E-state index contributed by atoms with van der Waals surface area (Å²) in [6, 6.07) is 1.40. The average Bonchev–Trinajstić information content (AvgIpc) is 2.87. The highest BCUT2D eigenvalue weighted by Gasteiger charge is 2.53. The number of hydrogen-bond acceptors (Lipinski definition) is 5. The molecule has 14 heteroatoms. The van der Waals surface area contributed by atoms with Crippen molar-refractivity contribution >= 4 is 27.2 Å². The first-order valence-corrected chi connectivity index (χ1v) is 14.3. The van der Waals surface area contributed by atoms with Crippen molar-refractivity contribution in [2.45, 2.75) is 56.2 Å². The topological polar surface area (TPSA) is 90.1 Å². The van der Waals surface area contributed by atoms with Gasteiger partial charge in [0, 0.05) is 6.54 Å². The Morgan fingerprint density at radius 1 is 1.20 bits per heavy atom. The van der Waals surface area contributed by atoms with Gasteiger partial charge in [0.15, 0.2) is 21.3 Å². The second-order valence-electron chi connectivity index (χ2n) is 9.88. The van der Waals surface area contributed by atoms with Crippen LogP contribution in [0.15, 0.2) is 63.1 Å². The predicted molar refractivity (Wildman–Crippen MR) is 145 cm³/mol. The largest absolute Gasteiger partial charge is 0.416 e. The summed E-state index contributed by atoms with van der Waals surface area (Å²) in [6.07, 6.45) is -3.12. The molecule has 0 aromatic heterocycles. The first kappa shape index (κ1) is 32.1. The summed E-state index contributed by atoms with van der Waals surface area (Å²) >= 11 is -1.16. The van der Waals surface area contributed by atoms with Crippen LogP contribution in [0.4, 0.5) is 26.3 Å². The Morgan fingerprint density at radius 2 is 1.85 bits per heavy atom. The molecule has 7 nitrogen and oxygen atoms in total. The number of piperazine rings is 1. The van der Waals surface area contributed by atoms with Crippen LogP contribution in [-0.2, 0) is 21.9 Å². The second-order valence-corrected chi connectivity index (χ2v) is 10.8. The number of allylic oxidation sites excluding steroid dienone is 3. The van der Waals surface area contributed by atoms with E-state index in [0.717, 1.165) is 0 Å². The lowest BCUT2D eigenvalue weighted by atomic mass is 9.73. The van der Waals surface area contributed by atoms with Gasteiger partial charge < -0.3 is 10.1 Å². The van der Waals surface area contributed by atoms with Gasteiger partial charge in [-0.3, -0.25) is 13.3 Å². The van der Waals surface area contributed by atoms with Gasteiger partial charge in [-0.1, -0.05) is 30.9 Å². The molecule has 40 heavy (non-hydrogen) atoms. The smallest absolute Gasteiger partial charge is 0.372 e. The maximum atomic E-state index is 13.4. The fourth-order valence-electron chi connectivity index (χ4n) is 5.01. The van der Waals surface area contributed by atoms with E-state index in [1.54, 1.807) is 24.3 Å². The molecule has 0 radical (unpaired) electrons. The van der Waals surface area contributed by atoms with Gasteiger partial charge in [-0.15, -0.1) is 3.33 Å². The highest BCUT2D eigenvalue weighted by molar-refractivity contribution is 14.1. The van der Waals surface area contributed by atoms with Crippen LogP contribution in [0, 0.1) is 3.56 Å². The summed E-state index contributed by atoms with van der Waals surface area (Å²) < 4.78 is 97.6. The van der Waals surface area contributed by atoms with Gasteiger partial charge in [0.05, 0.1) is 48.0 Å². The van der Waals surface area contributed by atoms with Gasteiger partial charge in [-0.2, -0.15) is 31.5 Å². The fraction of sp³-hybridized carbons (Fsp3) is 0.500. The van der Waals surface area contributed by atoms with Crippen molar-refractivity contribution in [2.75, 3.05) is 26.2 Å². The number of amides is 1. The van der Waals surface area contributed by atoms with Crippen LogP contribution in [0.3, 0.4) is 0 Å². The zero-order chi connectivity index (χ0) is 29.8. The second kappa shape index (κ2) is 12.6. The van der Waals surface area contributed by atoms with Gasteiger partial charge in [-0.05, 0) is 56.0 Å². The summed E-state index contributed by atoms with van der Waals surface area (Å²) in [6.45, 7) is 7.82. The molecule has 2 heterocycles. The lowest BCUT2D eigenvalue weighted by Gasteiger charge is -2.56. The number of rotatable bonds is 10. The van der Waals surface area contributed by atoms with Gasteiger partial charge in [0.1, 0.15) is 0 Å². The number of alkyl halides is 6. The van der Waals surface area contributed by atoms with Crippen LogP contribution < -0.4 is 5.32 Å². The Bertz CT molecular complexity index is 1180. The molecule has 220 valence electrons. The minimum absolute atomic E-state index is 0.0136. The lowest BCUT2D eigenvalue weighted by Crippen LogP contribution is -2.74. The molecule has 1 aromatic rings. The number of fused-ring (bicyclic) bond motifs is 2. The van der Waals surface area contributed by atoms with Gasteiger partial charge in [0.25, 0.3) is 0 Å².